The minimum Gasteiger partial charge on any atom is -0.497 e. The van der Waals surface area contributed by atoms with Gasteiger partial charge < -0.3 is 19.8 Å². The van der Waals surface area contributed by atoms with Crippen LogP contribution in [0.2, 0.25) is 5.02 Å². The third-order valence-corrected chi connectivity index (χ3v) is 4.33. The maximum atomic E-state index is 12.4. The minimum atomic E-state index is -0.717. The Labute approximate surface area is 154 Å². The number of carbonyl (C=O) groups is 1. The molecule has 3 rings (SSSR count). The molecule has 0 aliphatic carbocycles. The maximum Gasteiger partial charge on any atom is 0.345 e. The summed E-state index contributed by atoms with van der Waals surface area (Å²) in [6, 6.07) is 12.7. The number of carbonyl (C=O) groups excluding carboxylic acids is 1. The van der Waals surface area contributed by atoms with Gasteiger partial charge in [0.25, 0.3) is 5.56 Å². The van der Waals surface area contributed by atoms with Gasteiger partial charge in [0.05, 0.1) is 30.4 Å². The number of aromatic nitrogens is 1. The van der Waals surface area contributed by atoms with Crippen LogP contribution in [0.4, 0.5) is 5.69 Å². The van der Waals surface area contributed by atoms with E-state index in [0.29, 0.717) is 28.2 Å². The van der Waals surface area contributed by atoms with Gasteiger partial charge in [0.1, 0.15) is 11.3 Å². The molecule has 134 valence electrons. The fourth-order valence-corrected chi connectivity index (χ4v) is 2.92. The van der Waals surface area contributed by atoms with E-state index in [1.165, 1.54) is 7.11 Å². The van der Waals surface area contributed by atoms with Crippen molar-refractivity contribution in [3.63, 3.8) is 0 Å². The van der Waals surface area contributed by atoms with E-state index in [1.807, 2.05) is 24.3 Å². The number of para-hydroxylation sites is 1. The van der Waals surface area contributed by atoms with Crippen LogP contribution in [0, 0.1) is 0 Å². The zero-order valence-electron chi connectivity index (χ0n) is 14.3. The summed E-state index contributed by atoms with van der Waals surface area (Å²) in [5.41, 5.74) is 1.15. The zero-order valence-corrected chi connectivity index (χ0v) is 15.0. The standard InChI is InChI=1S/C19H17ClN2O4/c1-25-12-8-6-11(7-9-12)10-21-17-13-4-3-5-14(20)16(13)22-18(23)15(17)19(24)26-2/h3-9H,10H2,1-2H3,(H2,21,22,23). The summed E-state index contributed by atoms with van der Waals surface area (Å²) in [5, 5.41) is 4.20. The lowest BCUT2D eigenvalue weighted by molar-refractivity contribution is 0.0600. The first-order valence-corrected chi connectivity index (χ1v) is 8.22. The number of H-pyrrole nitrogens is 1. The first-order chi connectivity index (χ1) is 12.5. The molecule has 0 saturated carbocycles. The molecule has 0 bridgehead atoms. The zero-order chi connectivity index (χ0) is 18.7. The van der Waals surface area contributed by atoms with Gasteiger partial charge in [0.15, 0.2) is 0 Å². The SMILES string of the molecule is COC(=O)c1c(NCc2ccc(OC)cc2)c2cccc(Cl)c2[nH]c1=O. The van der Waals surface area contributed by atoms with E-state index in [0.717, 1.165) is 11.3 Å². The van der Waals surface area contributed by atoms with Gasteiger partial charge in [-0.15, -0.1) is 0 Å². The highest BCUT2D eigenvalue weighted by molar-refractivity contribution is 6.35. The summed E-state index contributed by atoms with van der Waals surface area (Å²) >= 11 is 6.19. The first-order valence-electron chi connectivity index (χ1n) is 7.84. The fourth-order valence-electron chi connectivity index (χ4n) is 2.70. The Hall–Kier alpha value is -2.99. The van der Waals surface area contributed by atoms with Crippen LogP contribution in [0.15, 0.2) is 47.3 Å². The maximum absolute atomic E-state index is 12.4. The van der Waals surface area contributed by atoms with Crippen molar-refractivity contribution in [1.82, 2.24) is 4.98 Å². The van der Waals surface area contributed by atoms with Gasteiger partial charge in [-0.1, -0.05) is 35.9 Å². The van der Waals surface area contributed by atoms with Crippen LogP contribution in [0.25, 0.3) is 10.9 Å². The molecule has 0 atom stereocenters. The summed E-state index contributed by atoms with van der Waals surface area (Å²) in [4.78, 5) is 27.2. The number of ether oxygens (including phenoxy) is 2. The van der Waals surface area contributed by atoms with Crippen LogP contribution < -0.4 is 15.6 Å². The van der Waals surface area contributed by atoms with E-state index in [9.17, 15) is 9.59 Å². The Morgan fingerprint density at radius 3 is 2.54 bits per heavy atom. The molecule has 1 heterocycles. The van der Waals surface area contributed by atoms with Gasteiger partial charge in [-0.25, -0.2) is 4.79 Å². The topological polar surface area (TPSA) is 80.4 Å². The van der Waals surface area contributed by atoms with Crippen molar-refractivity contribution in [2.24, 2.45) is 0 Å². The third kappa shape index (κ3) is 3.36. The van der Waals surface area contributed by atoms with E-state index >= 15 is 0 Å². The van der Waals surface area contributed by atoms with Crippen molar-refractivity contribution < 1.29 is 14.3 Å². The number of esters is 1. The number of methoxy groups -OCH3 is 2. The molecule has 0 unspecified atom stereocenters. The molecular weight excluding hydrogens is 356 g/mol. The molecule has 7 heteroatoms. The number of hydrogen-bond acceptors (Lipinski definition) is 5. The number of anilines is 1. The molecule has 3 aromatic rings. The number of fused-ring (bicyclic) bond motifs is 1. The van der Waals surface area contributed by atoms with Crippen molar-refractivity contribution in [2.45, 2.75) is 6.54 Å². The monoisotopic (exact) mass is 372 g/mol. The van der Waals surface area contributed by atoms with Crippen molar-refractivity contribution in [3.05, 3.63) is 69.0 Å². The molecule has 0 amide bonds. The van der Waals surface area contributed by atoms with E-state index in [1.54, 1.807) is 25.3 Å². The molecule has 2 N–H and O–H groups in total. The molecule has 26 heavy (non-hydrogen) atoms. The molecule has 0 aliphatic rings. The van der Waals surface area contributed by atoms with Crippen LogP contribution in [0.5, 0.6) is 5.75 Å². The quantitative estimate of drug-likeness (QED) is 0.669. The number of halogens is 1. The largest absolute Gasteiger partial charge is 0.497 e. The predicted octanol–water partition coefficient (Wildman–Crippen LogP) is 3.59. The number of nitrogens with one attached hydrogen (secondary N) is 2. The van der Waals surface area contributed by atoms with E-state index < -0.39 is 11.5 Å². The van der Waals surface area contributed by atoms with Gasteiger partial charge in [0, 0.05) is 11.9 Å². The number of rotatable bonds is 5. The van der Waals surface area contributed by atoms with Gasteiger partial charge in [-0.05, 0) is 23.8 Å². The first kappa shape index (κ1) is 17.8. The van der Waals surface area contributed by atoms with Crippen LogP contribution in [0.1, 0.15) is 15.9 Å². The number of aromatic amines is 1. The highest BCUT2D eigenvalue weighted by atomic mass is 35.5. The van der Waals surface area contributed by atoms with Crippen LogP contribution in [-0.2, 0) is 11.3 Å². The lowest BCUT2D eigenvalue weighted by Gasteiger charge is -2.14. The van der Waals surface area contributed by atoms with Crippen LogP contribution in [-0.4, -0.2) is 25.2 Å². The Morgan fingerprint density at radius 1 is 1.15 bits per heavy atom. The Morgan fingerprint density at radius 2 is 1.88 bits per heavy atom. The molecule has 1 aromatic heterocycles. The molecule has 0 fully saturated rings. The molecule has 0 aliphatic heterocycles. The van der Waals surface area contributed by atoms with Crippen molar-refractivity contribution in [3.8, 4) is 5.75 Å². The third-order valence-electron chi connectivity index (χ3n) is 4.02. The van der Waals surface area contributed by atoms with Crippen LogP contribution in [0.3, 0.4) is 0 Å². The van der Waals surface area contributed by atoms with Gasteiger partial charge in [-0.3, -0.25) is 4.79 Å². The van der Waals surface area contributed by atoms with Crippen molar-refractivity contribution in [2.75, 3.05) is 19.5 Å². The van der Waals surface area contributed by atoms with Crippen molar-refractivity contribution >= 4 is 34.2 Å². The normalized spacial score (nSPS) is 10.6. The summed E-state index contributed by atoms with van der Waals surface area (Å²) in [7, 11) is 2.83. The molecule has 0 radical (unpaired) electrons. The summed E-state index contributed by atoms with van der Waals surface area (Å²) < 4.78 is 9.91. The Kier molecular flexibility index (Phi) is 5.14. The second kappa shape index (κ2) is 7.49. The summed E-state index contributed by atoms with van der Waals surface area (Å²) in [5.74, 6) is 0.0303. The van der Waals surface area contributed by atoms with Gasteiger partial charge >= 0.3 is 5.97 Å². The van der Waals surface area contributed by atoms with E-state index in [4.69, 9.17) is 21.1 Å². The van der Waals surface area contributed by atoms with Gasteiger partial charge in [-0.2, -0.15) is 0 Å². The number of hydrogen-bond donors (Lipinski definition) is 2. The fraction of sp³-hybridized carbons (Fsp3) is 0.158. The molecule has 0 spiro atoms. The lowest BCUT2D eigenvalue weighted by Crippen LogP contribution is -2.22. The smallest absolute Gasteiger partial charge is 0.345 e. The molecule has 0 saturated heterocycles. The second-order valence-corrected chi connectivity index (χ2v) is 5.97. The van der Waals surface area contributed by atoms with Crippen LogP contribution >= 0.6 is 11.6 Å². The highest BCUT2D eigenvalue weighted by Gasteiger charge is 2.20. The minimum absolute atomic E-state index is 0.0872. The summed E-state index contributed by atoms with van der Waals surface area (Å²) in [6.07, 6.45) is 0. The molecular formula is C19H17ClN2O4. The number of pyridine rings is 1. The number of benzene rings is 2. The Bertz CT molecular complexity index is 1010. The van der Waals surface area contributed by atoms with E-state index in [2.05, 4.69) is 10.3 Å². The van der Waals surface area contributed by atoms with Gasteiger partial charge in [0.2, 0.25) is 0 Å². The predicted molar refractivity (Wildman–Crippen MR) is 101 cm³/mol. The van der Waals surface area contributed by atoms with E-state index in [-0.39, 0.29) is 5.56 Å². The molecule has 6 nitrogen and oxygen atoms in total. The average Bonchev–Trinajstić information content (AvgIpc) is 2.66. The van der Waals surface area contributed by atoms with Crippen molar-refractivity contribution in [1.29, 1.82) is 0 Å². The average molecular weight is 373 g/mol. The lowest BCUT2D eigenvalue weighted by atomic mass is 10.1. The second-order valence-electron chi connectivity index (χ2n) is 5.56. The highest BCUT2D eigenvalue weighted by Crippen LogP contribution is 2.29. The molecule has 2 aromatic carbocycles. The summed E-state index contributed by atoms with van der Waals surface area (Å²) in [6.45, 7) is 0.402. The Balaban J connectivity index is 2.07.